The monoisotopic (exact) mass is 247 g/mol. The molecule has 1 N–H and O–H groups in total. The second-order valence-electron chi connectivity index (χ2n) is 4.84. The smallest absolute Gasteiger partial charge is 0.306 e. The fourth-order valence-corrected chi connectivity index (χ4v) is 2.13. The zero-order chi connectivity index (χ0) is 13.3. The van der Waals surface area contributed by atoms with E-state index in [0.29, 0.717) is 13.0 Å². The van der Waals surface area contributed by atoms with Gasteiger partial charge in [0.25, 0.3) is 5.91 Å². The van der Waals surface area contributed by atoms with Crippen molar-refractivity contribution in [2.75, 3.05) is 0 Å². The van der Waals surface area contributed by atoms with Crippen molar-refractivity contribution in [3.63, 3.8) is 0 Å². The van der Waals surface area contributed by atoms with Gasteiger partial charge in [0.05, 0.1) is 6.54 Å². The molecular formula is C13H17N3O2. The van der Waals surface area contributed by atoms with Crippen LogP contribution in [-0.4, -0.2) is 27.4 Å². The molecule has 1 aliphatic heterocycles. The van der Waals surface area contributed by atoms with E-state index in [4.69, 9.17) is 0 Å². The van der Waals surface area contributed by atoms with Crippen LogP contribution in [0.5, 0.6) is 0 Å². The quantitative estimate of drug-likeness (QED) is 0.825. The van der Waals surface area contributed by atoms with Crippen LogP contribution < -0.4 is 5.32 Å². The van der Waals surface area contributed by atoms with Crippen LogP contribution >= 0.6 is 0 Å². The van der Waals surface area contributed by atoms with Crippen LogP contribution in [-0.2, 0) is 11.3 Å². The third-order valence-corrected chi connectivity index (χ3v) is 3.51. The van der Waals surface area contributed by atoms with Crippen molar-refractivity contribution in [3.8, 4) is 0 Å². The highest BCUT2D eigenvalue weighted by Gasteiger charge is 2.47. The zero-order valence-corrected chi connectivity index (χ0v) is 10.9. The molecule has 1 aliphatic rings. The Morgan fingerprint density at radius 2 is 2.11 bits per heavy atom. The molecule has 5 heteroatoms. The highest BCUT2D eigenvalue weighted by Crippen LogP contribution is 2.27. The Morgan fingerprint density at radius 1 is 1.39 bits per heavy atom. The molecule has 1 aromatic rings. The summed E-state index contributed by atoms with van der Waals surface area (Å²) in [7, 11) is 0. The van der Waals surface area contributed by atoms with Crippen molar-refractivity contribution >= 4 is 11.9 Å². The van der Waals surface area contributed by atoms with Crippen LogP contribution in [0.3, 0.4) is 0 Å². The number of nitrogens with zero attached hydrogens (tertiary/aromatic N) is 2. The number of urea groups is 1. The van der Waals surface area contributed by atoms with Crippen LogP contribution in [0, 0.1) is 6.92 Å². The van der Waals surface area contributed by atoms with Gasteiger partial charge < -0.3 is 4.90 Å². The first-order valence-corrected chi connectivity index (χ1v) is 6.01. The van der Waals surface area contributed by atoms with Gasteiger partial charge in [-0.1, -0.05) is 13.0 Å². The molecule has 1 aromatic heterocycles. The molecule has 0 aliphatic carbocycles. The molecule has 0 aromatic carbocycles. The van der Waals surface area contributed by atoms with Crippen LogP contribution in [0.4, 0.5) is 4.79 Å². The number of amides is 3. The SMILES string of the molecule is CCC1(C)C(=O)NC(=O)N1Cc1cncc(C)c1. The minimum atomic E-state index is -0.763. The van der Waals surface area contributed by atoms with Gasteiger partial charge in [0.15, 0.2) is 0 Å². The fraction of sp³-hybridized carbons (Fsp3) is 0.462. The van der Waals surface area contributed by atoms with E-state index in [1.165, 1.54) is 0 Å². The molecule has 1 fully saturated rings. The lowest BCUT2D eigenvalue weighted by molar-refractivity contribution is -0.126. The summed E-state index contributed by atoms with van der Waals surface area (Å²) in [6.45, 7) is 6.04. The highest BCUT2D eigenvalue weighted by molar-refractivity contribution is 6.06. The largest absolute Gasteiger partial charge is 0.325 e. The number of pyridine rings is 1. The van der Waals surface area contributed by atoms with Crippen LogP contribution in [0.1, 0.15) is 31.4 Å². The molecule has 1 saturated heterocycles. The molecule has 0 spiro atoms. The van der Waals surface area contributed by atoms with Gasteiger partial charge in [0, 0.05) is 12.4 Å². The van der Waals surface area contributed by atoms with Crippen LogP contribution in [0.2, 0.25) is 0 Å². The number of carbonyl (C=O) groups is 2. The van der Waals surface area contributed by atoms with E-state index in [9.17, 15) is 9.59 Å². The summed E-state index contributed by atoms with van der Waals surface area (Å²) in [6.07, 6.45) is 4.07. The van der Waals surface area contributed by atoms with E-state index in [1.54, 1.807) is 24.2 Å². The molecule has 1 atom stereocenters. The molecule has 0 saturated carbocycles. The Hall–Kier alpha value is -1.91. The molecule has 2 rings (SSSR count). The molecule has 18 heavy (non-hydrogen) atoms. The van der Waals surface area contributed by atoms with Gasteiger partial charge >= 0.3 is 6.03 Å². The lowest BCUT2D eigenvalue weighted by Crippen LogP contribution is -2.46. The number of aryl methyl sites for hydroxylation is 1. The Bertz CT molecular complexity index is 501. The lowest BCUT2D eigenvalue weighted by Gasteiger charge is -2.30. The summed E-state index contributed by atoms with van der Waals surface area (Å²) in [5.41, 5.74) is 1.21. The third-order valence-electron chi connectivity index (χ3n) is 3.51. The topological polar surface area (TPSA) is 62.3 Å². The second-order valence-corrected chi connectivity index (χ2v) is 4.84. The average molecular weight is 247 g/mol. The first-order chi connectivity index (χ1) is 8.47. The predicted octanol–water partition coefficient (Wildman–Crippen LogP) is 1.61. The average Bonchev–Trinajstić information content (AvgIpc) is 2.54. The summed E-state index contributed by atoms with van der Waals surface area (Å²) in [5.74, 6) is -0.226. The van der Waals surface area contributed by atoms with Crippen molar-refractivity contribution < 1.29 is 9.59 Å². The molecule has 3 amide bonds. The first-order valence-electron chi connectivity index (χ1n) is 6.01. The number of imide groups is 1. The summed E-state index contributed by atoms with van der Waals surface area (Å²) >= 11 is 0. The van der Waals surface area contributed by atoms with Gasteiger partial charge in [0.2, 0.25) is 0 Å². The number of hydrogen-bond donors (Lipinski definition) is 1. The minimum Gasteiger partial charge on any atom is -0.306 e. The number of rotatable bonds is 3. The normalized spacial score (nSPS) is 23.4. The maximum atomic E-state index is 11.8. The van der Waals surface area contributed by atoms with Crippen LogP contribution in [0.25, 0.3) is 0 Å². The number of nitrogens with one attached hydrogen (secondary N) is 1. The Morgan fingerprint density at radius 3 is 2.72 bits per heavy atom. The van der Waals surface area contributed by atoms with Gasteiger partial charge in [-0.3, -0.25) is 15.1 Å². The molecule has 2 heterocycles. The predicted molar refractivity (Wildman–Crippen MR) is 66.8 cm³/mol. The highest BCUT2D eigenvalue weighted by atomic mass is 16.2. The molecule has 5 nitrogen and oxygen atoms in total. The van der Waals surface area contributed by atoms with Crippen molar-refractivity contribution in [1.82, 2.24) is 15.2 Å². The fourth-order valence-electron chi connectivity index (χ4n) is 2.13. The van der Waals surface area contributed by atoms with Crippen molar-refractivity contribution in [2.24, 2.45) is 0 Å². The Kier molecular flexibility index (Phi) is 3.07. The first kappa shape index (κ1) is 12.5. The third kappa shape index (κ3) is 1.96. The van der Waals surface area contributed by atoms with Gasteiger partial charge in [-0.25, -0.2) is 4.79 Å². The molecule has 0 radical (unpaired) electrons. The van der Waals surface area contributed by atoms with E-state index in [2.05, 4.69) is 10.3 Å². The standard InChI is InChI=1S/C13H17N3O2/c1-4-13(3)11(17)15-12(18)16(13)8-10-5-9(2)6-14-7-10/h5-7H,4,8H2,1-3H3,(H,15,17,18). The van der Waals surface area contributed by atoms with Crippen molar-refractivity contribution in [3.05, 3.63) is 29.6 Å². The Labute approximate surface area is 106 Å². The van der Waals surface area contributed by atoms with Gasteiger partial charge in [0.1, 0.15) is 5.54 Å². The van der Waals surface area contributed by atoms with E-state index >= 15 is 0 Å². The maximum absolute atomic E-state index is 11.8. The summed E-state index contributed by atoms with van der Waals surface area (Å²) < 4.78 is 0. The van der Waals surface area contributed by atoms with Crippen LogP contribution in [0.15, 0.2) is 18.5 Å². The van der Waals surface area contributed by atoms with Gasteiger partial charge in [-0.2, -0.15) is 0 Å². The summed E-state index contributed by atoms with van der Waals surface area (Å²) in [6, 6.07) is 1.64. The van der Waals surface area contributed by atoms with E-state index < -0.39 is 5.54 Å². The molecule has 96 valence electrons. The Balaban J connectivity index is 2.27. The molecule has 1 unspecified atom stereocenters. The second kappa shape index (κ2) is 4.40. The molecular weight excluding hydrogens is 230 g/mol. The molecule has 0 bridgehead atoms. The minimum absolute atomic E-state index is 0.226. The van der Waals surface area contributed by atoms with Gasteiger partial charge in [-0.15, -0.1) is 0 Å². The maximum Gasteiger partial charge on any atom is 0.325 e. The lowest BCUT2D eigenvalue weighted by atomic mass is 9.97. The van der Waals surface area contributed by atoms with Crippen molar-refractivity contribution in [1.29, 1.82) is 0 Å². The van der Waals surface area contributed by atoms with E-state index in [-0.39, 0.29) is 11.9 Å². The summed E-state index contributed by atoms with van der Waals surface area (Å²) in [4.78, 5) is 29.3. The number of hydrogen-bond acceptors (Lipinski definition) is 3. The van der Waals surface area contributed by atoms with E-state index in [1.807, 2.05) is 19.9 Å². The van der Waals surface area contributed by atoms with E-state index in [0.717, 1.165) is 11.1 Å². The zero-order valence-electron chi connectivity index (χ0n) is 10.9. The summed E-state index contributed by atoms with van der Waals surface area (Å²) in [5, 5.41) is 2.37. The number of carbonyl (C=O) groups excluding carboxylic acids is 2. The van der Waals surface area contributed by atoms with Crippen molar-refractivity contribution in [2.45, 2.75) is 39.3 Å². The number of aromatic nitrogens is 1. The van der Waals surface area contributed by atoms with Gasteiger partial charge in [-0.05, 0) is 31.4 Å².